The van der Waals surface area contributed by atoms with Gasteiger partial charge in [0, 0.05) is 35.0 Å². The fraction of sp³-hybridized carbons (Fsp3) is 0.545. The molecule has 0 saturated carbocycles. The van der Waals surface area contributed by atoms with E-state index in [1.165, 1.54) is 12.8 Å². The fourth-order valence-corrected chi connectivity index (χ4v) is 3.87. The first-order valence-corrected chi connectivity index (χ1v) is 11.0. The maximum absolute atomic E-state index is 12.1. The van der Waals surface area contributed by atoms with E-state index in [1.54, 1.807) is 23.6 Å². The molecule has 0 fully saturated rings. The van der Waals surface area contributed by atoms with Gasteiger partial charge < -0.3 is 9.47 Å². The molecule has 1 atom stereocenters. The normalized spacial score (nSPS) is 12.0. The predicted molar refractivity (Wildman–Crippen MR) is 115 cm³/mol. The van der Waals surface area contributed by atoms with Crippen molar-refractivity contribution < 1.29 is 14.3 Å². The number of esters is 1. The van der Waals surface area contributed by atoms with Gasteiger partial charge in [0.2, 0.25) is 0 Å². The fourth-order valence-electron chi connectivity index (χ4n) is 3.00. The molecule has 0 aliphatic rings. The summed E-state index contributed by atoms with van der Waals surface area (Å²) in [5.41, 5.74) is 2.02. The van der Waals surface area contributed by atoms with E-state index in [1.807, 2.05) is 31.6 Å². The van der Waals surface area contributed by atoms with E-state index in [9.17, 15) is 4.79 Å². The first-order chi connectivity index (χ1) is 13.6. The molecule has 0 bridgehead atoms. The second-order valence-electron chi connectivity index (χ2n) is 6.96. The molecule has 0 radical (unpaired) electrons. The predicted octanol–water partition coefficient (Wildman–Crippen LogP) is 5.34. The summed E-state index contributed by atoms with van der Waals surface area (Å²) in [5.74, 6) is 1.89. The standard InChI is InChI=1S/C22H32N2O3S/c1-5-7-8-17(6-2)16-27-22(25)11-12-28-19-9-10-21(26-4)20(13-19)18-14-23-24(3)15-18/h9-10,13-15,17H,5-8,11-12,16H2,1-4H3. The molecule has 28 heavy (non-hydrogen) atoms. The maximum Gasteiger partial charge on any atom is 0.306 e. The van der Waals surface area contributed by atoms with Crippen LogP contribution in [0.25, 0.3) is 11.1 Å². The highest BCUT2D eigenvalue weighted by atomic mass is 32.2. The lowest BCUT2D eigenvalue weighted by atomic mass is 10.0. The monoisotopic (exact) mass is 404 g/mol. The van der Waals surface area contributed by atoms with Crippen molar-refractivity contribution in [1.82, 2.24) is 9.78 Å². The van der Waals surface area contributed by atoms with Gasteiger partial charge in [0.15, 0.2) is 0 Å². The van der Waals surface area contributed by atoms with Crippen LogP contribution in [0.3, 0.4) is 0 Å². The van der Waals surface area contributed by atoms with Gasteiger partial charge >= 0.3 is 5.97 Å². The van der Waals surface area contributed by atoms with Crippen molar-refractivity contribution >= 4 is 17.7 Å². The molecule has 0 amide bonds. The molecular weight excluding hydrogens is 372 g/mol. The lowest BCUT2D eigenvalue weighted by Gasteiger charge is -2.14. The molecular formula is C22H32N2O3S. The van der Waals surface area contributed by atoms with Crippen LogP contribution in [0.15, 0.2) is 35.5 Å². The van der Waals surface area contributed by atoms with Gasteiger partial charge in [0.25, 0.3) is 0 Å². The summed E-state index contributed by atoms with van der Waals surface area (Å²) in [6.07, 6.45) is 8.79. The van der Waals surface area contributed by atoms with Crippen LogP contribution in [0.1, 0.15) is 46.0 Å². The Morgan fingerprint density at radius 1 is 1.32 bits per heavy atom. The minimum atomic E-state index is -0.108. The summed E-state index contributed by atoms with van der Waals surface area (Å²) >= 11 is 1.65. The Bertz CT molecular complexity index is 745. The molecule has 1 heterocycles. The Morgan fingerprint density at radius 3 is 2.79 bits per heavy atom. The molecule has 2 aromatic rings. The maximum atomic E-state index is 12.1. The largest absolute Gasteiger partial charge is 0.496 e. The Kier molecular flexibility index (Phi) is 9.41. The lowest BCUT2D eigenvalue weighted by Crippen LogP contribution is -2.14. The molecule has 0 saturated heterocycles. The topological polar surface area (TPSA) is 53.4 Å². The van der Waals surface area contributed by atoms with Crippen LogP contribution in [0.5, 0.6) is 5.75 Å². The summed E-state index contributed by atoms with van der Waals surface area (Å²) in [6, 6.07) is 6.07. The molecule has 6 heteroatoms. The van der Waals surface area contributed by atoms with Crippen molar-refractivity contribution in [1.29, 1.82) is 0 Å². The molecule has 0 aliphatic carbocycles. The smallest absolute Gasteiger partial charge is 0.306 e. The summed E-state index contributed by atoms with van der Waals surface area (Å²) in [7, 11) is 3.56. The van der Waals surface area contributed by atoms with Gasteiger partial charge in [0.05, 0.1) is 26.3 Å². The SMILES string of the molecule is CCCCC(CC)COC(=O)CCSc1ccc(OC)c(-c2cnn(C)c2)c1. The van der Waals surface area contributed by atoms with Gasteiger partial charge in [-0.1, -0.05) is 33.1 Å². The number of hydrogen-bond acceptors (Lipinski definition) is 5. The van der Waals surface area contributed by atoms with E-state index < -0.39 is 0 Å². The second kappa shape index (κ2) is 11.8. The Labute approximate surface area is 172 Å². The van der Waals surface area contributed by atoms with Crippen molar-refractivity contribution in [3.05, 3.63) is 30.6 Å². The summed E-state index contributed by atoms with van der Waals surface area (Å²) in [5, 5.41) is 4.24. The molecule has 1 aromatic carbocycles. The van der Waals surface area contributed by atoms with Gasteiger partial charge in [-0.25, -0.2) is 0 Å². The first-order valence-electron chi connectivity index (χ1n) is 10.0. The number of aryl methyl sites for hydroxylation is 1. The van der Waals surface area contributed by atoms with Crippen LogP contribution in [-0.4, -0.2) is 35.2 Å². The highest BCUT2D eigenvalue weighted by Crippen LogP contribution is 2.33. The average Bonchev–Trinajstić information content (AvgIpc) is 3.14. The summed E-state index contributed by atoms with van der Waals surface area (Å²) < 4.78 is 12.7. The first kappa shape index (κ1) is 22.3. The lowest BCUT2D eigenvalue weighted by molar-refractivity contribution is -0.144. The third-order valence-corrected chi connectivity index (χ3v) is 5.78. The van der Waals surface area contributed by atoms with Crippen LogP contribution in [0, 0.1) is 5.92 Å². The Morgan fingerprint density at radius 2 is 2.14 bits per heavy atom. The van der Waals surface area contributed by atoms with E-state index in [4.69, 9.17) is 9.47 Å². The number of thioether (sulfide) groups is 1. The molecule has 5 nitrogen and oxygen atoms in total. The Balaban J connectivity index is 1.85. The highest BCUT2D eigenvalue weighted by molar-refractivity contribution is 7.99. The van der Waals surface area contributed by atoms with Crippen LogP contribution < -0.4 is 4.74 Å². The van der Waals surface area contributed by atoms with Gasteiger partial charge in [-0.2, -0.15) is 5.10 Å². The number of hydrogen-bond donors (Lipinski definition) is 0. The molecule has 2 rings (SSSR count). The van der Waals surface area contributed by atoms with Crippen LogP contribution in [-0.2, 0) is 16.6 Å². The number of rotatable bonds is 12. The molecule has 1 unspecified atom stereocenters. The van der Waals surface area contributed by atoms with Crippen molar-refractivity contribution in [2.24, 2.45) is 13.0 Å². The molecule has 0 spiro atoms. The number of carbonyl (C=O) groups is 1. The van der Waals surface area contributed by atoms with Crippen molar-refractivity contribution in [2.45, 2.75) is 50.8 Å². The van der Waals surface area contributed by atoms with Gasteiger partial charge in [-0.3, -0.25) is 9.48 Å². The second-order valence-corrected chi connectivity index (χ2v) is 8.13. The van der Waals surface area contributed by atoms with Gasteiger partial charge in [0.1, 0.15) is 5.75 Å². The quantitative estimate of drug-likeness (QED) is 0.353. The van der Waals surface area contributed by atoms with Crippen LogP contribution >= 0.6 is 11.8 Å². The van der Waals surface area contributed by atoms with Gasteiger partial charge in [-0.05, 0) is 30.5 Å². The summed E-state index contributed by atoms with van der Waals surface area (Å²) in [4.78, 5) is 13.2. The number of aromatic nitrogens is 2. The number of methoxy groups -OCH3 is 1. The van der Waals surface area contributed by atoms with E-state index >= 15 is 0 Å². The zero-order valence-corrected chi connectivity index (χ0v) is 18.3. The number of ether oxygens (including phenoxy) is 2. The van der Waals surface area contributed by atoms with E-state index in [0.29, 0.717) is 24.7 Å². The molecule has 1 aromatic heterocycles. The number of nitrogens with zero attached hydrogens (tertiary/aromatic N) is 2. The zero-order chi connectivity index (χ0) is 20.4. The van der Waals surface area contributed by atoms with E-state index in [-0.39, 0.29) is 5.97 Å². The van der Waals surface area contributed by atoms with E-state index in [2.05, 4.69) is 25.0 Å². The average molecular weight is 405 g/mol. The summed E-state index contributed by atoms with van der Waals surface area (Å²) in [6.45, 7) is 4.90. The van der Waals surface area contributed by atoms with Crippen LogP contribution in [0.4, 0.5) is 0 Å². The minimum Gasteiger partial charge on any atom is -0.496 e. The van der Waals surface area contributed by atoms with Crippen molar-refractivity contribution in [3.63, 3.8) is 0 Å². The van der Waals surface area contributed by atoms with Crippen LogP contribution in [0.2, 0.25) is 0 Å². The minimum absolute atomic E-state index is 0.108. The third kappa shape index (κ3) is 6.89. The Hall–Kier alpha value is -1.95. The number of carbonyl (C=O) groups excluding carboxylic acids is 1. The molecule has 154 valence electrons. The van der Waals surface area contributed by atoms with Crippen molar-refractivity contribution in [3.8, 4) is 16.9 Å². The third-order valence-electron chi connectivity index (χ3n) is 4.79. The zero-order valence-electron chi connectivity index (χ0n) is 17.4. The molecule has 0 aliphatic heterocycles. The van der Waals surface area contributed by atoms with Gasteiger partial charge in [-0.15, -0.1) is 11.8 Å². The van der Waals surface area contributed by atoms with Crippen molar-refractivity contribution in [2.75, 3.05) is 19.5 Å². The number of benzene rings is 1. The van der Waals surface area contributed by atoms with E-state index in [0.717, 1.165) is 34.6 Å². The molecule has 0 N–H and O–H groups in total. The number of unbranched alkanes of at least 4 members (excludes halogenated alkanes) is 1. The highest BCUT2D eigenvalue weighted by Gasteiger charge is 2.12.